The van der Waals surface area contributed by atoms with E-state index in [9.17, 15) is 9.59 Å². The smallest absolute Gasteiger partial charge is 0.410 e. The number of amides is 1. The second-order valence-electron chi connectivity index (χ2n) is 7.47. The van der Waals surface area contributed by atoms with Crippen LogP contribution in [0.2, 0.25) is 0 Å². The summed E-state index contributed by atoms with van der Waals surface area (Å²) in [7, 11) is 1.35. The summed E-state index contributed by atoms with van der Waals surface area (Å²) < 4.78 is 12.0. The third kappa shape index (κ3) is 3.85. The Hall–Kier alpha value is -2.32. The first-order chi connectivity index (χ1) is 11.8. The topological polar surface area (TPSA) is 98.6 Å². The molecule has 1 saturated heterocycles. The minimum atomic E-state index is -0.499. The van der Waals surface area contributed by atoms with Crippen molar-refractivity contribution in [3.05, 3.63) is 5.82 Å². The minimum absolute atomic E-state index is 0.0552. The molecule has 0 aliphatic carbocycles. The van der Waals surface area contributed by atoms with E-state index in [4.69, 9.17) is 4.74 Å². The number of likely N-dealkylation sites (tertiary alicyclic amines) is 1. The maximum atomic E-state index is 12.3. The number of rotatable bonds is 2. The van der Waals surface area contributed by atoms with Crippen molar-refractivity contribution in [3.8, 4) is 0 Å². The van der Waals surface area contributed by atoms with Crippen LogP contribution in [0, 0.1) is 5.92 Å². The SMILES string of the molecule is COC(=O)Cc1nc2n(n1)C1CCN(C(=O)OC(C)(C)C)CC1CN2. The van der Waals surface area contributed by atoms with Gasteiger partial charge in [-0.2, -0.15) is 10.1 Å². The summed E-state index contributed by atoms with van der Waals surface area (Å²) in [5.41, 5.74) is -0.499. The summed E-state index contributed by atoms with van der Waals surface area (Å²) >= 11 is 0. The fourth-order valence-electron chi connectivity index (χ4n) is 3.25. The van der Waals surface area contributed by atoms with E-state index in [1.807, 2.05) is 25.5 Å². The van der Waals surface area contributed by atoms with Gasteiger partial charge < -0.3 is 19.7 Å². The number of ether oxygens (including phenoxy) is 2. The largest absolute Gasteiger partial charge is 0.469 e. The molecule has 1 aromatic rings. The Labute approximate surface area is 146 Å². The summed E-state index contributed by atoms with van der Waals surface area (Å²) in [5, 5.41) is 7.70. The number of nitrogens with zero attached hydrogens (tertiary/aromatic N) is 4. The number of methoxy groups -OCH3 is 1. The number of carbonyl (C=O) groups is 2. The lowest BCUT2D eigenvalue weighted by Crippen LogP contribution is -2.50. The highest BCUT2D eigenvalue weighted by molar-refractivity contribution is 5.71. The van der Waals surface area contributed by atoms with Crippen molar-refractivity contribution in [2.45, 2.75) is 45.3 Å². The van der Waals surface area contributed by atoms with Crippen LogP contribution in [0.25, 0.3) is 0 Å². The third-order valence-corrected chi connectivity index (χ3v) is 4.39. The maximum absolute atomic E-state index is 12.3. The number of hydrogen-bond donors (Lipinski definition) is 1. The molecule has 2 aliphatic heterocycles. The molecule has 138 valence electrons. The van der Waals surface area contributed by atoms with Gasteiger partial charge in [0.25, 0.3) is 0 Å². The number of anilines is 1. The van der Waals surface area contributed by atoms with Crippen molar-refractivity contribution in [2.24, 2.45) is 5.92 Å². The number of piperidine rings is 1. The van der Waals surface area contributed by atoms with E-state index >= 15 is 0 Å². The molecule has 0 radical (unpaired) electrons. The summed E-state index contributed by atoms with van der Waals surface area (Å²) in [6.07, 6.45) is 0.556. The molecule has 2 aliphatic rings. The predicted molar refractivity (Wildman–Crippen MR) is 89.2 cm³/mol. The Kier molecular flexibility index (Phi) is 4.57. The van der Waals surface area contributed by atoms with Gasteiger partial charge in [0.2, 0.25) is 5.95 Å². The van der Waals surface area contributed by atoms with Crippen molar-refractivity contribution < 1.29 is 19.1 Å². The van der Waals surface area contributed by atoms with Gasteiger partial charge in [0.1, 0.15) is 12.0 Å². The standard InChI is InChI=1S/C16H25N5O4/c1-16(2,3)25-15(23)20-6-5-11-10(9-20)8-17-14-18-12(19-21(11)14)7-13(22)24-4/h10-11H,5-9H2,1-4H3,(H,17,18,19). The molecule has 3 heterocycles. The van der Waals surface area contributed by atoms with Gasteiger partial charge in [-0.05, 0) is 27.2 Å². The molecule has 0 bridgehead atoms. The molecule has 0 spiro atoms. The molecule has 1 N–H and O–H groups in total. The lowest BCUT2D eigenvalue weighted by Gasteiger charge is -2.41. The Morgan fingerprint density at radius 2 is 2.12 bits per heavy atom. The van der Waals surface area contributed by atoms with Gasteiger partial charge in [0.15, 0.2) is 5.82 Å². The summed E-state index contributed by atoms with van der Waals surface area (Å²) in [4.78, 5) is 29.8. The zero-order chi connectivity index (χ0) is 18.2. The zero-order valence-corrected chi connectivity index (χ0v) is 15.1. The highest BCUT2D eigenvalue weighted by Gasteiger charge is 2.38. The second kappa shape index (κ2) is 6.53. The van der Waals surface area contributed by atoms with Gasteiger partial charge in [0.05, 0.1) is 13.2 Å². The summed E-state index contributed by atoms with van der Waals surface area (Å²) in [6.45, 7) is 7.53. The van der Waals surface area contributed by atoms with Crippen molar-refractivity contribution >= 4 is 18.0 Å². The van der Waals surface area contributed by atoms with E-state index in [1.54, 1.807) is 4.90 Å². The van der Waals surface area contributed by atoms with Gasteiger partial charge in [0, 0.05) is 25.6 Å². The average Bonchev–Trinajstić information content (AvgIpc) is 2.95. The quantitative estimate of drug-likeness (QED) is 0.800. The monoisotopic (exact) mass is 351 g/mol. The fourth-order valence-corrected chi connectivity index (χ4v) is 3.25. The number of aromatic nitrogens is 3. The Bertz CT molecular complexity index is 666. The molecule has 1 amide bonds. The molecule has 2 unspecified atom stereocenters. The molecule has 2 atom stereocenters. The third-order valence-electron chi connectivity index (χ3n) is 4.39. The molecular weight excluding hydrogens is 326 g/mol. The molecule has 9 nitrogen and oxygen atoms in total. The van der Waals surface area contributed by atoms with Crippen LogP contribution in [-0.2, 0) is 20.7 Å². The first-order valence-corrected chi connectivity index (χ1v) is 8.51. The van der Waals surface area contributed by atoms with Crippen LogP contribution in [0.1, 0.15) is 39.1 Å². The molecule has 25 heavy (non-hydrogen) atoms. The van der Waals surface area contributed by atoms with Gasteiger partial charge in [-0.1, -0.05) is 0 Å². The molecular formula is C16H25N5O4. The van der Waals surface area contributed by atoms with Crippen molar-refractivity contribution in [2.75, 3.05) is 32.1 Å². The fraction of sp³-hybridized carbons (Fsp3) is 0.750. The number of nitrogens with one attached hydrogen (secondary N) is 1. The van der Waals surface area contributed by atoms with Gasteiger partial charge >= 0.3 is 12.1 Å². The van der Waals surface area contributed by atoms with E-state index in [0.717, 1.165) is 6.42 Å². The Morgan fingerprint density at radius 1 is 1.36 bits per heavy atom. The van der Waals surface area contributed by atoms with Crippen LogP contribution in [0.5, 0.6) is 0 Å². The van der Waals surface area contributed by atoms with Gasteiger partial charge in [-0.15, -0.1) is 0 Å². The van der Waals surface area contributed by atoms with Crippen LogP contribution < -0.4 is 5.32 Å². The number of hydrogen-bond acceptors (Lipinski definition) is 7. The van der Waals surface area contributed by atoms with Crippen molar-refractivity contribution in [1.82, 2.24) is 19.7 Å². The van der Waals surface area contributed by atoms with Crippen LogP contribution in [-0.4, -0.2) is 64.1 Å². The average molecular weight is 351 g/mol. The molecule has 1 aromatic heterocycles. The first kappa shape index (κ1) is 17.5. The molecule has 9 heteroatoms. The van der Waals surface area contributed by atoms with Crippen LogP contribution in [0.15, 0.2) is 0 Å². The number of carbonyl (C=O) groups excluding carboxylic acids is 2. The van der Waals surface area contributed by atoms with Crippen LogP contribution in [0.4, 0.5) is 10.7 Å². The van der Waals surface area contributed by atoms with Crippen molar-refractivity contribution in [1.29, 1.82) is 0 Å². The van der Waals surface area contributed by atoms with Gasteiger partial charge in [-0.25, -0.2) is 9.48 Å². The second-order valence-corrected chi connectivity index (χ2v) is 7.47. The van der Waals surface area contributed by atoms with E-state index in [2.05, 4.69) is 20.1 Å². The highest BCUT2D eigenvalue weighted by Crippen LogP contribution is 2.34. The lowest BCUT2D eigenvalue weighted by atomic mass is 9.91. The highest BCUT2D eigenvalue weighted by atomic mass is 16.6. The van der Waals surface area contributed by atoms with E-state index in [1.165, 1.54) is 7.11 Å². The van der Waals surface area contributed by atoms with E-state index in [-0.39, 0.29) is 30.4 Å². The Balaban J connectivity index is 1.68. The lowest BCUT2D eigenvalue weighted by molar-refractivity contribution is -0.139. The molecule has 0 saturated carbocycles. The molecule has 0 aromatic carbocycles. The first-order valence-electron chi connectivity index (χ1n) is 8.51. The number of esters is 1. The molecule has 3 rings (SSSR count). The summed E-state index contributed by atoms with van der Waals surface area (Å²) in [5.74, 6) is 0.983. The Morgan fingerprint density at radius 3 is 2.80 bits per heavy atom. The van der Waals surface area contributed by atoms with Crippen LogP contribution >= 0.6 is 0 Å². The zero-order valence-electron chi connectivity index (χ0n) is 15.1. The van der Waals surface area contributed by atoms with Crippen LogP contribution in [0.3, 0.4) is 0 Å². The van der Waals surface area contributed by atoms with Crippen molar-refractivity contribution in [3.63, 3.8) is 0 Å². The van der Waals surface area contributed by atoms with E-state index in [0.29, 0.717) is 31.4 Å². The summed E-state index contributed by atoms with van der Waals surface area (Å²) in [6, 6.07) is 0.161. The van der Waals surface area contributed by atoms with E-state index < -0.39 is 5.60 Å². The van der Waals surface area contributed by atoms with Gasteiger partial charge in [-0.3, -0.25) is 4.79 Å². The number of fused-ring (bicyclic) bond motifs is 3. The normalized spacial score (nSPS) is 22.5. The maximum Gasteiger partial charge on any atom is 0.410 e. The predicted octanol–water partition coefficient (Wildman–Crippen LogP) is 1.22. The minimum Gasteiger partial charge on any atom is -0.469 e. The molecule has 1 fully saturated rings.